The van der Waals surface area contributed by atoms with Crippen molar-refractivity contribution in [2.75, 3.05) is 17.7 Å². The van der Waals surface area contributed by atoms with Crippen LogP contribution in [-0.4, -0.2) is 7.05 Å². The van der Waals surface area contributed by atoms with Gasteiger partial charge in [0.15, 0.2) is 0 Å². The number of rotatable bonds is 3. The van der Waals surface area contributed by atoms with E-state index in [0.29, 0.717) is 6.54 Å². The Hall–Kier alpha value is -2.55. The summed E-state index contributed by atoms with van der Waals surface area (Å²) in [7, 11) is 1.93. The monoisotopic (exact) mass is 280 g/mol. The summed E-state index contributed by atoms with van der Waals surface area (Å²) in [6.45, 7) is 0.639. The van der Waals surface area contributed by atoms with Crippen LogP contribution in [0.3, 0.4) is 0 Å². The van der Waals surface area contributed by atoms with Crippen LogP contribution < -0.4 is 10.6 Å². The highest BCUT2D eigenvalue weighted by molar-refractivity contribution is 5.86. The van der Waals surface area contributed by atoms with Crippen molar-refractivity contribution >= 4 is 22.1 Å². The Morgan fingerprint density at radius 3 is 2.38 bits per heavy atom. The first-order valence-corrected chi connectivity index (χ1v) is 6.87. The number of nitrogens with zero attached hydrogens (tertiary/aromatic N) is 1. The van der Waals surface area contributed by atoms with Gasteiger partial charge in [-0.15, -0.1) is 0 Å². The lowest BCUT2D eigenvalue weighted by atomic mass is 10.0. The third kappa shape index (κ3) is 2.82. The van der Waals surface area contributed by atoms with Gasteiger partial charge in [0.05, 0.1) is 0 Å². The highest BCUT2D eigenvalue weighted by Gasteiger charge is 2.07. The summed E-state index contributed by atoms with van der Waals surface area (Å²) >= 11 is 0. The van der Waals surface area contributed by atoms with Crippen LogP contribution >= 0.6 is 0 Å². The third-order valence-electron chi connectivity index (χ3n) is 3.66. The van der Waals surface area contributed by atoms with Crippen LogP contribution in [0.5, 0.6) is 0 Å². The molecule has 0 aliphatic heterocycles. The lowest BCUT2D eigenvalue weighted by Crippen LogP contribution is -2.17. The van der Waals surface area contributed by atoms with Gasteiger partial charge in [0.25, 0.3) is 0 Å². The van der Waals surface area contributed by atoms with E-state index in [1.54, 1.807) is 6.07 Å². The van der Waals surface area contributed by atoms with E-state index in [2.05, 4.69) is 12.1 Å². The summed E-state index contributed by atoms with van der Waals surface area (Å²) < 4.78 is 13.3. The Morgan fingerprint density at radius 1 is 0.952 bits per heavy atom. The molecule has 106 valence electrons. The fourth-order valence-electron chi connectivity index (χ4n) is 2.50. The average Bonchev–Trinajstić information content (AvgIpc) is 2.48. The van der Waals surface area contributed by atoms with E-state index in [0.717, 1.165) is 27.7 Å². The highest BCUT2D eigenvalue weighted by atomic mass is 19.1. The van der Waals surface area contributed by atoms with Crippen LogP contribution in [0.15, 0.2) is 60.7 Å². The molecular weight excluding hydrogens is 263 g/mol. The Bertz CT molecular complexity index is 783. The van der Waals surface area contributed by atoms with Crippen molar-refractivity contribution in [3.63, 3.8) is 0 Å². The maximum absolute atomic E-state index is 13.3. The van der Waals surface area contributed by atoms with Crippen molar-refractivity contribution in [2.45, 2.75) is 6.54 Å². The van der Waals surface area contributed by atoms with Crippen LogP contribution in [-0.2, 0) is 6.54 Å². The second-order valence-electron chi connectivity index (χ2n) is 5.23. The molecular formula is C18H17FN2. The quantitative estimate of drug-likeness (QED) is 0.729. The zero-order valence-electron chi connectivity index (χ0n) is 11.9. The molecule has 0 spiro atoms. The molecule has 0 heterocycles. The SMILES string of the molecule is CN(Cc1cc2ccccc2cc1N)c1cccc(F)c1. The minimum atomic E-state index is -0.231. The van der Waals surface area contributed by atoms with Gasteiger partial charge in [0.1, 0.15) is 5.82 Å². The predicted octanol–water partition coefficient (Wildman–Crippen LogP) is 4.20. The molecule has 3 rings (SSSR count). The molecule has 0 saturated heterocycles. The van der Waals surface area contributed by atoms with Gasteiger partial charge in [0.2, 0.25) is 0 Å². The van der Waals surface area contributed by atoms with Gasteiger partial charge in [-0.2, -0.15) is 0 Å². The van der Waals surface area contributed by atoms with E-state index in [-0.39, 0.29) is 5.82 Å². The molecule has 21 heavy (non-hydrogen) atoms. The molecule has 0 aliphatic carbocycles. The first-order chi connectivity index (χ1) is 10.1. The summed E-state index contributed by atoms with van der Waals surface area (Å²) in [6.07, 6.45) is 0. The van der Waals surface area contributed by atoms with Crippen LogP contribution in [0.25, 0.3) is 10.8 Å². The summed E-state index contributed by atoms with van der Waals surface area (Å²) in [5.41, 5.74) is 8.78. The molecule has 0 radical (unpaired) electrons. The lowest BCUT2D eigenvalue weighted by molar-refractivity contribution is 0.627. The largest absolute Gasteiger partial charge is 0.398 e. The minimum absolute atomic E-state index is 0.231. The number of anilines is 2. The molecule has 0 saturated carbocycles. The number of nitrogens with two attached hydrogens (primary N) is 1. The average molecular weight is 280 g/mol. The maximum atomic E-state index is 13.3. The Morgan fingerprint density at radius 2 is 1.67 bits per heavy atom. The molecule has 0 amide bonds. The van der Waals surface area contributed by atoms with Crippen molar-refractivity contribution in [1.29, 1.82) is 0 Å². The normalized spacial score (nSPS) is 10.8. The van der Waals surface area contributed by atoms with E-state index in [9.17, 15) is 4.39 Å². The van der Waals surface area contributed by atoms with Gasteiger partial charge in [-0.1, -0.05) is 30.3 Å². The van der Waals surface area contributed by atoms with Crippen molar-refractivity contribution in [1.82, 2.24) is 0 Å². The van der Waals surface area contributed by atoms with E-state index in [4.69, 9.17) is 5.73 Å². The number of halogens is 1. The molecule has 3 aromatic carbocycles. The van der Waals surface area contributed by atoms with Gasteiger partial charge in [-0.25, -0.2) is 4.39 Å². The zero-order valence-corrected chi connectivity index (χ0v) is 11.9. The minimum Gasteiger partial charge on any atom is -0.398 e. The summed E-state index contributed by atoms with van der Waals surface area (Å²) in [6, 6.07) is 18.8. The van der Waals surface area contributed by atoms with Crippen molar-refractivity contribution in [2.24, 2.45) is 0 Å². The first-order valence-electron chi connectivity index (χ1n) is 6.87. The number of hydrogen-bond donors (Lipinski definition) is 1. The van der Waals surface area contributed by atoms with Crippen LogP contribution in [0.1, 0.15) is 5.56 Å². The summed E-state index contributed by atoms with van der Waals surface area (Å²) in [5.74, 6) is -0.231. The Kier molecular flexibility index (Phi) is 3.48. The predicted molar refractivity (Wildman–Crippen MR) is 86.9 cm³/mol. The highest BCUT2D eigenvalue weighted by Crippen LogP contribution is 2.24. The van der Waals surface area contributed by atoms with Gasteiger partial charge in [0, 0.05) is 25.0 Å². The van der Waals surface area contributed by atoms with E-state index >= 15 is 0 Å². The molecule has 2 N–H and O–H groups in total. The number of nitrogen functional groups attached to an aromatic ring is 1. The van der Waals surface area contributed by atoms with Crippen molar-refractivity contribution in [3.8, 4) is 0 Å². The van der Waals surface area contributed by atoms with Crippen molar-refractivity contribution in [3.05, 3.63) is 72.0 Å². The van der Waals surface area contributed by atoms with Crippen molar-refractivity contribution < 1.29 is 4.39 Å². The Labute approximate surface area is 123 Å². The van der Waals surface area contributed by atoms with Crippen LogP contribution in [0.4, 0.5) is 15.8 Å². The van der Waals surface area contributed by atoms with Crippen LogP contribution in [0, 0.1) is 5.82 Å². The number of fused-ring (bicyclic) bond motifs is 1. The van der Waals surface area contributed by atoms with Gasteiger partial charge in [-0.3, -0.25) is 0 Å². The second-order valence-corrected chi connectivity index (χ2v) is 5.23. The molecule has 0 bridgehead atoms. The molecule has 0 unspecified atom stereocenters. The van der Waals surface area contributed by atoms with E-state index < -0.39 is 0 Å². The molecule has 2 nitrogen and oxygen atoms in total. The Balaban J connectivity index is 1.92. The molecule has 3 heteroatoms. The van der Waals surface area contributed by atoms with Gasteiger partial charge < -0.3 is 10.6 Å². The smallest absolute Gasteiger partial charge is 0.125 e. The van der Waals surface area contributed by atoms with Gasteiger partial charge >= 0.3 is 0 Å². The summed E-state index contributed by atoms with van der Waals surface area (Å²) in [4.78, 5) is 1.99. The molecule has 3 aromatic rings. The first kappa shape index (κ1) is 13.4. The number of benzene rings is 3. The number of hydrogen-bond acceptors (Lipinski definition) is 2. The van der Waals surface area contributed by atoms with E-state index in [1.807, 2.05) is 42.3 Å². The zero-order chi connectivity index (χ0) is 14.8. The molecule has 0 atom stereocenters. The standard InChI is InChI=1S/C18H17FN2/c1-21(17-8-4-7-16(19)11-17)12-15-9-13-5-2-3-6-14(13)10-18(15)20/h2-11H,12,20H2,1H3. The maximum Gasteiger partial charge on any atom is 0.125 e. The molecule has 0 fully saturated rings. The van der Waals surface area contributed by atoms with Crippen LogP contribution in [0.2, 0.25) is 0 Å². The molecule has 0 aliphatic rings. The fourth-order valence-corrected chi connectivity index (χ4v) is 2.50. The lowest BCUT2D eigenvalue weighted by Gasteiger charge is -2.21. The third-order valence-corrected chi connectivity index (χ3v) is 3.66. The van der Waals surface area contributed by atoms with E-state index in [1.165, 1.54) is 12.1 Å². The summed E-state index contributed by atoms with van der Waals surface area (Å²) in [5, 5.41) is 2.29. The topological polar surface area (TPSA) is 29.3 Å². The fraction of sp³-hybridized carbons (Fsp3) is 0.111. The molecule has 0 aromatic heterocycles. The van der Waals surface area contributed by atoms with Gasteiger partial charge in [-0.05, 0) is 46.7 Å². The second kappa shape index (κ2) is 5.44.